The van der Waals surface area contributed by atoms with E-state index < -0.39 is 6.10 Å². The van der Waals surface area contributed by atoms with E-state index in [0.717, 1.165) is 64.2 Å². The van der Waals surface area contributed by atoms with Gasteiger partial charge in [0.05, 0.1) is 0 Å². The van der Waals surface area contributed by atoms with Crippen molar-refractivity contribution in [1.29, 1.82) is 0 Å². The number of hydrogen-bond donors (Lipinski definition) is 0. The second kappa shape index (κ2) is 52.5. The maximum absolute atomic E-state index is 12.8. The molecule has 0 heterocycles. The molecule has 0 unspecified atom stereocenters. The number of ether oxygens (including phenoxy) is 3. The molecule has 0 amide bonds. The average molecular weight is 887 g/mol. The molecule has 0 aromatic heterocycles. The topological polar surface area (TPSA) is 78.9 Å². The number of rotatable bonds is 51. The molecule has 63 heavy (non-hydrogen) atoms. The van der Waals surface area contributed by atoms with Crippen molar-refractivity contribution in [2.45, 2.75) is 309 Å². The van der Waals surface area contributed by atoms with Crippen LogP contribution in [0.2, 0.25) is 0 Å². The molecule has 0 saturated heterocycles. The van der Waals surface area contributed by atoms with E-state index in [1.54, 1.807) is 0 Å². The number of hydrogen-bond acceptors (Lipinski definition) is 6. The van der Waals surface area contributed by atoms with Gasteiger partial charge in [-0.2, -0.15) is 0 Å². The normalized spacial score (nSPS) is 12.1. The Bertz CT molecular complexity index is 1020. The van der Waals surface area contributed by atoms with Gasteiger partial charge in [0.1, 0.15) is 13.2 Å². The zero-order chi connectivity index (χ0) is 45.8. The van der Waals surface area contributed by atoms with E-state index in [4.69, 9.17) is 14.2 Å². The van der Waals surface area contributed by atoms with Gasteiger partial charge in [0.2, 0.25) is 0 Å². The Morgan fingerprint density at radius 3 is 0.794 bits per heavy atom. The summed E-state index contributed by atoms with van der Waals surface area (Å²) in [7, 11) is 0. The summed E-state index contributed by atoms with van der Waals surface area (Å²) in [4.78, 5) is 38.0. The molecule has 0 fully saturated rings. The maximum atomic E-state index is 12.8. The molecule has 0 aliphatic carbocycles. The van der Waals surface area contributed by atoms with Crippen LogP contribution in [0.3, 0.4) is 0 Å². The molecule has 0 aromatic carbocycles. The van der Waals surface area contributed by atoms with Gasteiger partial charge >= 0.3 is 17.9 Å². The fraction of sp³-hybridized carbons (Fsp3) is 0.877. The molecule has 0 aliphatic rings. The van der Waals surface area contributed by atoms with Crippen LogP contribution >= 0.6 is 0 Å². The van der Waals surface area contributed by atoms with E-state index in [2.05, 4.69) is 45.1 Å². The van der Waals surface area contributed by atoms with Crippen molar-refractivity contribution < 1.29 is 28.6 Å². The van der Waals surface area contributed by atoms with Crippen molar-refractivity contribution in [1.82, 2.24) is 0 Å². The molecule has 0 bridgehead atoms. The van der Waals surface area contributed by atoms with Crippen molar-refractivity contribution >= 4 is 17.9 Å². The van der Waals surface area contributed by atoms with E-state index in [1.165, 1.54) is 199 Å². The summed E-state index contributed by atoms with van der Waals surface area (Å²) in [6, 6.07) is 0. The molecule has 6 heteroatoms. The minimum atomic E-state index is -0.770. The molecular formula is C57H106O6. The Morgan fingerprint density at radius 2 is 0.524 bits per heavy atom. The molecule has 0 aromatic rings. The van der Waals surface area contributed by atoms with Gasteiger partial charge in [-0.25, -0.2) is 0 Å². The van der Waals surface area contributed by atoms with Crippen molar-refractivity contribution in [3.8, 4) is 0 Å². The molecular weight excluding hydrogens is 781 g/mol. The van der Waals surface area contributed by atoms with Crippen molar-refractivity contribution in [3.63, 3.8) is 0 Å². The molecule has 0 rings (SSSR count). The van der Waals surface area contributed by atoms with Crippen molar-refractivity contribution in [2.75, 3.05) is 13.2 Å². The van der Waals surface area contributed by atoms with Gasteiger partial charge < -0.3 is 14.2 Å². The van der Waals surface area contributed by atoms with Crippen LogP contribution in [0.5, 0.6) is 0 Å². The summed E-state index contributed by atoms with van der Waals surface area (Å²) in [5.74, 6) is -0.866. The lowest BCUT2D eigenvalue weighted by molar-refractivity contribution is -0.167. The van der Waals surface area contributed by atoms with E-state index in [9.17, 15) is 14.4 Å². The van der Waals surface area contributed by atoms with E-state index >= 15 is 0 Å². The maximum Gasteiger partial charge on any atom is 0.306 e. The Kier molecular flexibility index (Phi) is 50.8. The highest BCUT2D eigenvalue weighted by Gasteiger charge is 2.19. The Balaban J connectivity index is 4.29. The first-order valence-corrected chi connectivity index (χ1v) is 27.8. The van der Waals surface area contributed by atoms with Gasteiger partial charge in [-0.15, -0.1) is 0 Å². The van der Waals surface area contributed by atoms with E-state index in [-0.39, 0.29) is 31.1 Å². The first-order chi connectivity index (χ1) is 31.0. The van der Waals surface area contributed by atoms with Gasteiger partial charge in [0.15, 0.2) is 6.10 Å². The third-order valence-corrected chi connectivity index (χ3v) is 12.4. The quantitative estimate of drug-likeness (QED) is 0.0262. The summed E-state index contributed by atoms with van der Waals surface area (Å²) in [6.07, 6.45) is 60.2. The third kappa shape index (κ3) is 50.7. The molecule has 370 valence electrons. The number of unbranched alkanes of at least 4 members (excludes halogenated alkanes) is 36. The Morgan fingerprint density at radius 1 is 0.302 bits per heavy atom. The van der Waals surface area contributed by atoms with Crippen LogP contribution in [0.4, 0.5) is 0 Å². The highest BCUT2D eigenvalue weighted by Crippen LogP contribution is 2.16. The molecule has 0 radical (unpaired) electrons. The molecule has 1 atom stereocenters. The van der Waals surface area contributed by atoms with Crippen molar-refractivity contribution in [3.05, 3.63) is 24.3 Å². The predicted molar refractivity (Wildman–Crippen MR) is 270 cm³/mol. The van der Waals surface area contributed by atoms with Crippen LogP contribution < -0.4 is 0 Å². The first-order valence-electron chi connectivity index (χ1n) is 27.8. The first kappa shape index (κ1) is 60.9. The zero-order valence-electron chi connectivity index (χ0n) is 42.4. The Hall–Kier alpha value is -2.11. The highest BCUT2D eigenvalue weighted by molar-refractivity contribution is 5.71. The van der Waals surface area contributed by atoms with Crippen LogP contribution in [0.1, 0.15) is 303 Å². The lowest BCUT2D eigenvalue weighted by atomic mass is 10.1. The monoisotopic (exact) mass is 887 g/mol. The largest absolute Gasteiger partial charge is 0.462 e. The standard InChI is InChI=1S/C57H106O6/c1-4-7-10-13-16-19-22-24-26-27-28-29-31-33-36-38-41-44-47-50-56(59)62-53-54(63-57(60)51-48-45-42-39-34-21-18-15-12-9-6-3)52-61-55(58)49-46-43-40-37-35-32-30-25-23-20-17-14-11-8-5-2/h24-26,30,54H,4-23,27-29,31-53H2,1-3H3/b26-24-,30-25-/t54-/m0/s1. The van der Waals surface area contributed by atoms with Gasteiger partial charge in [-0.1, -0.05) is 238 Å². The van der Waals surface area contributed by atoms with Crippen LogP contribution in [0, 0.1) is 0 Å². The number of carbonyl (C=O) groups excluding carboxylic acids is 3. The van der Waals surface area contributed by atoms with Gasteiger partial charge in [-0.05, 0) is 70.6 Å². The molecule has 0 N–H and O–H groups in total. The minimum Gasteiger partial charge on any atom is -0.462 e. The summed E-state index contributed by atoms with van der Waals surface area (Å²) in [5.41, 5.74) is 0. The number of allylic oxidation sites excluding steroid dienone is 4. The summed E-state index contributed by atoms with van der Waals surface area (Å²) in [6.45, 7) is 6.65. The molecule has 0 spiro atoms. The lowest BCUT2D eigenvalue weighted by Crippen LogP contribution is -2.30. The van der Waals surface area contributed by atoms with E-state index in [1.807, 2.05) is 0 Å². The zero-order valence-corrected chi connectivity index (χ0v) is 42.4. The van der Waals surface area contributed by atoms with E-state index in [0.29, 0.717) is 19.3 Å². The van der Waals surface area contributed by atoms with Gasteiger partial charge in [0.25, 0.3) is 0 Å². The van der Waals surface area contributed by atoms with Crippen LogP contribution in [0.15, 0.2) is 24.3 Å². The predicted octanol–water partition coefficient (Wildman–Crippen LogP) is 18.3. The second-order valence-electron chi connectivity index (χ2n) is 18.8. The summed E-state index contributed by atoms with van der Waals surface area (Å²) < 4.78 is 16.8. The molecule has 6 nitrogen and oxygen atoms in total. The van der Waals surface area contributed by atoms with Crippen LogP contribution in [-0.2, 0) is 28.6 Å². The lowest BCUT2D eigenvalue weighted by Gasteiger charge is -2.18. The highest BCUT2D eigenvalue weighted by atomic mass is 16.6. The fourth-order valence-corrected chi connectivity index (χ4v) is 8.20. The fourth-order valence-electron chi connectivity index (χ4n) is 8.20. The second-order valence-corrected chi connectivity index (χ2v) is 18.8. The van der Waals surface area contributed by atoms with Crippen LogP contribution in [-0.4, -0.2) is 37.2 Å². The van der Waals surface area contributed by atoms with Gasteiger partial charge in [-0.3, -0.25) is 14.4 Å². The Labute approximate surface area is 392 Å². The SMILES string of the molecule is CCCCCCCC/C=C\CCCCCCCCCCCC(=O)OC[C@H](COC(=O)CCCCCCC/C=C\CCCCCCCC)OC(=O)CCCCCCCCCCCCC. The smallest absolute Gasteiger partial charge is 0.306 e. The minimum absolute atomic E-state index is 0.0710. The number of esters is 3. The summed E-state index contributed by atoms with van der Waals surface area (Å²) >= 11 is 0. The third-order valence-electron chi connectivity index (χ3n) is 12.4. The van der Waals surface area contributed by atoms with Gasteiger partial charge in [0, 0.05) is 19.3 Å². The molecule has 0 saturated carbocycles. The average Bonchev–Trinajstić information content (AvgIpc) is 3.28. The number of carbonyl (C=O) groups is 3. The molecule has 0 aliphatic heterocycles. The van der Waals surface area contributed by atoms with Crippen molar-refractivity contribution in [2.24, 2.45) is 0 Å². The van der Waals surface area contributed by atoms with Crippen LogP contribution in [0.25, 0.3) is 0 Å². The summed E-state index contributed by atoms with van der Waals surface area (Å²) in [5, 5.41) is 0.